The largest absolute Gasteiger partial charge is 0.493 e. The molecule has 7 nitrogen and oxygen atoms in total. The molecule has 0 saturated heterocycles. The molecule has 2 aromatic carbocycles. The van der Waals surface area contributed by atoms with E-state index in [2.05, 4.69) is 15.5 Å². The van der Waals surface area contributed by atoms with E-state index in [0.29, 0.717) is 22.6 Å². The number of nitrogens with zero attached hydrogens (tertiary/aromatic N) is 2. The van der Waals surface area contributed by atoms with Gasteiger partial charge in [0.2, 0.25) is 5.89 Å². The molecule has 7 heteroatoms. The highest BCUT2D eigenvalue weighted by Gasteiger charge is 2.15. The number of amides is 1. The SMILES string of the molecule is COc1ccc(-c2nnc(NC(=O)c3ccc(C)c(C)c3)o2)cc1OC. The first kappa shape index (κ1) is 17.5. The molecule has 1 aromatic heterocycles. The van der Waals surface area contributed by atoms with Crippen molar-refractivity contribution in [2.24, 2.45) is 0 Å². The van der Waals surface area contributed by atoms with Crippen LogP contribution < -0.4 is 14.8 Å². The molecular formula is C19H19N3O4. The number of ether oxygens (including phenoxy) is 2. The summed E-state index contributed by atoms with van der Waals surface area (Å²) in [5.41, 5.74) is 3.34. The molecule has 0 atom stereocenters. The zero-order chi connectivity index (χ0) is 18.7. The van der Waals surface area contributed by atoms with Crippen molar-refractivity contribution < 1.29 is 18.7 Å². The summed E-state index contributed by atoms with van der Waals surface area (Å²) in [5, 5.41) is 10.5. The summed E-state index contributed by atoms with van der Waals surface area (Å²) in [7, 11) is 3.11. The quantitative estimate of drug-likeness (QED) is 0.754. The van der Waals surface area contributed by atoms with E-state index in [0.717, 1.165) is 11.1 Å². The van der Waals surface area contributed by atoms with E-state index < -0.39 is 0 Å². The van der Waals surface area contributed by atoms with Gasteiger partial charge < -0.3 is 13.9 Å². The Labute approximate surface area is 151 Å². The highest BCUT2D eigenvalue weighted by Crippen LogP contribution is 2.32. The van der Waals surface area contributed by atoms with Crippen LogP contribution >= 0.6 is 0 Å². The molecule has 26 heavy (non-hydrogen) atoms. The van der Waals surface area contributed by atoms with Crippen LogP contribution in [0.25, 0.3) is 11.5 Å². The van der Waals surface area contributed by atoms with Crippen molar-refractivity contribution in [1.29, 1.82) is 0 Å². The topological polar surface area (TPSA) is 86.5 Å². The number of anilines is 1. The van der Waals surface area contributed by atoms with E-state index in [4.69, 9.17) is 13.9 Å². The Balaban J connectivity index is 1.79. The number of methoxy groups -OCH3 is 2. The molecule has 3 rings (SSSR count). The van der Waals surface area contributed by atoms with E-state index in [1.54, 1.807) is 38.5 Å². The molecule has 0 bridgehead atoms. The Morgan fingerprint density at radius 3 is 2.42 bits per heavy atom. The monoisotopic (exact) mass is 353 g/mol. The first-order valence-electron chi connectivity index (χ1n) is 7.96. The van der Waals surface area contributed by atoms with Gasteiger partial charge in [-0.15, -0.1) is 5.10 Å². The summed E-state index contributed by atoms with van der Waals surface area (Å²) in [6, 6.07) is 10.7. The van der Waals surface area contributed by atoms with Gasteiger partial charge in [-0.3, -0.25) is 10.1 Å². The Hall–Kier alpha value is -3.35. The molecule has 134 valence electrons. The minimum atomic E-state index is -0.310. The molecular weight excluding hydrogens is 334 g/mol. The molecule has 1 heterocycles. The minimum absolute atomic E-state index is 0.0259. The lowest BCUT2D eigenvalue weighted by molar-refractivity contribution is 0.102. The van der Waals surface area contributed by atoms with Gasteiger partial charge in [0, 0.05) is 11.1 Å². The van der Waals surface area contributed by atoms with Crippen molar-refractivity contribution in [3.8, 4) is 23.0 Å². The molecule has 0 spiro atoms. The average Bonchev–Trinajstić information content (AvgIpc) is 3.11. The molecule has 0 fully saturated rings. The van der Waals surface area contributed by atoms with Gasteiger partial charge in [-0.1, -0.05) is 11.2 Å². The number of carbonyl (C=O) groups is 1. The predicted octanol–water partition coefficient (Wildman–Crippen LogP) is 3.62. The number of aryl methyl sites for hydroxylation is 2. The lowest BCUT2D eigenvalue weighted by Crippen LogP contribution is -2.12. The van der Waals surface area contributed by atoms with Gasteiger partial charge in [-0.25, -0.2) is 0 Å². The smallest absolute Gasteiger partial charge is 0.322 e. The molecule has 1 N–H and O–H groups in total. The molecule has 3 aromatic rings. The molecule has 0 aliphatic rings. The van der Waals surface area contributed by atoms with Crippen LogP contribution in [0.2, 0.25) is 0 Å². The van der Waals surface area contributed by atoms with E-state index in [1.807, 2.05) is 26.0 Å². The van der Waals surface area contributed by atoms with Gasteiger partial charge in [0.1, 0.15) is 0 Å². The van der Waals surface area contributed by atoms with Crippen molar-refractivity contribution >= 4 is 11.9 Å². The zero-order valence-electron chi connectivity index (χ0n) is 15.0. The second-order valence-corrected chi connectivity index (χ2v) is 5.74. The van der Waals surface area contributed by atoms with Crippen LogP contribution in [0.3, 0.4) is 0 Å². The fourth-order valence-electron chi connectivity index (χ4n) is 2.41. The van der Waals surface area contributed by atoms with Gasteiger partial charge >= 0.3 is 6.01 Å². The number of nitrogens with one attached hydrogen (secondary N) is 1. The normalized spacial score (nSPS) is 10.5. The lowest BCUT2D eigenvalue weighted by Gasteiger charge is -2.07. The Bertz CT molecular complexity index is 950. The van der Waals surface area contributed by atoms with Crippen LogP contribution in [0.5, 0.6) is 11.5 Å². The average molecular weight is 353 g/mol. The number of benzene rings is 2. The summed E-state index contributed by atoms with van der Waals surface area (Å²) in [4.78, 5) is 12.3. The van der Waals surface area contributed by atoms with E-state index in [1.165, 1.54) is 0 Å². The van der Waals surface area contributed by atoms with Crippen LogP contribution in [-0.4, -0.2) is 30.3 Å². The van der Waals surface area contributed by atoms with Gasteiger partial charge in [-0.2, -0.15) is 0 Å². The van der Waals surface area contributed by atoms with Crippen molar-refractivity contribution in [3.63, 3.8) is 0 Å². The highest BCUT2D eigenvalue weighted by molar-refractivity contribution is 6.03. The molecule has 1 amide bonds. The molecule has 0 saturated carbocycles. The van der Waals surface area contributed by atoms with Gasteiger partial charge in [0.15, 0.2) is 11.5 Å². The third-order valence-corrected chi connectivity index (χ3v) is 4.05. The Morgan fingerprint density at radius 2 is 1.73 bits per heavy atom. The minimum Gasteiger partial charge on any atom is -0.493 e. The van der Waals surface area contributed by atoms with E-state index >= 15 is 0 Å². The fourth-order valence-corrected chi connectivity index (χ4v) is 2.41. The molecule has 0 aliphatic heterocycles. The van der Waals surface area contributed by atoms with Crippen molar-refractivity contribution in [2.75, 3.05) is 19.5 Å². The predicted molar refractivity (Wildman–Crippen MR) is 96.7 cm³/mol. The second-order valence-electron chi connectivity index (χ2n) is 5.74. The molecule has 0 radical (unpaired) electrons. The van der Waals surface area contributed by atoms with Crippen LogP contribution in [0.4, 0.5) is 6.01 Å². The number of hydrogen-bond acceptors (Lipinski definition) is 6. The Kier molecular flexibility index (Phi) is 4.88. The fraction of sp³-hybridized carbons (Fsp3) is 0.211. The third-order valence-electron chi connectivity index (χ3n) is 4.05. The number of rotatable bonds is 5. The van der Waals surface area contributed by atoms with Gasteiger partial charge in [0.25, 0.3) is 5.91 Å². The van der Waals surface area contributed by atoms with E-state index in [-0.39, 0.29) is 17.8 Å². The lowest BCUT2D eigenvalue weighted by atomic mass is 10.1. The van der Waals surface area contributed by atoms with Gasteiger partial charge in [0.05, 0.1) is 14.2 Å². The summed E-state index contributed by atoms with van der Waals surface area (Å²) in [6.45, 7) is 3.94. The number of carbonyl (C=O) groups excluding carboxylic acids is 1. The first-order valence-corrected chi connectivity index (χ1v) is 7.96. The van der Waals surface area contributed by atoms with Crippen LogP contribution in [0.1, 0.15) is 21.5 Å². The van der Waals surface area contributed by atoms with Crippen molar-refractivity contribution in [2.45, 2.75) is 13.8 Å². The number of aromatic nitrogens is 2. The van der Waals surface area contributed by atoms with E-state index in [9.17, 15) is 4.79 Å². The van der Waals surface area contributed by atoms with Crippen molar-refractivity contribution in [3.05, 3.63) is 53.1 Å². The maximum atomic E-state index is 12.3. The third kappa shape index (κ3) is 3.51. The summed E-state index contributed by atoms with van der Waals surface area (Å²) < 4.78 is 16.0. The van der Waals surface area contributed by atoms with Crippen LogP contribution in [-0.2, 0) is 0 Å². The summed E-state index contributed by atoms with van der Waals surface area (Å²) in [6.07, 6.45) is 0. The summed E-state index contributed by atoms with van der Waals surface area (Å²) in [5.74, 6) is 1.10. The maximum absolute atomic E-state index is 12.3. The highest BCUT2D eigenvalue weighted by atomic mass is 16.5. The van der Waals surface area contributed by atoms with Crippen LogP contribution in [0.15, 0.2) is 40.8 Å². The van der Waals surface area contributed by atoms with Crippen molar-refractivity contribution in [1.82, 2.24) is 10.2 Å². The zero-order valence-corrected chi connectivity index (χ0v) is 15.0. The summed E-state index contributed by atoms with van der Waals surface area (Å²) >= 11 is 0. The standard InChI is InChI=1S/C19H19N3O4/c1-11-5-6-13(9-12(11)2)17(23)20-19-22-21-18(26-19)14-7-8-15(24-3)16(10-14)25-4/h5-10H,1-4H3,(H,20,22,23). The molecule has 0 unspecified atom stereocenters. The first-order chi connectivity index (χ1) is 12.5. The maximum Gasteiger partial charge on any atom is 0.322 e. The number of hydrogen-bond donors (Lipinski definition) is 1. The van der Waals surface area contributed by atoms with Crippen LogP contribution in [0, 0.1) is 13.8 Å². The van der Waals surface area contributed by atoms with Gasteiger partial charge in [-0.05, 0) is 55.3 Å². The molecule has 0 aliphatic carbocycles. The second kappa shape index (κ2) is 7.26. The Morgan fingerprint density at radius 1 is 0.962 bits per heavy atom.